The molecule has 0 radical (unpaired) electrons. The van der Waals surface area contributed by atoms with E-state index in [1.54, 1.807) is 0 Å². The van der Waals surface area contributed by atoms with Gasteiger partial charge in [-0.05, 0) is 48.5 Å². The highest BCUT2D eigenvalue weighted by atomic mass is 28.1. The molecule has 0 heterocycles. The minimum atomic E-state index is -0.333. The van der Waals surface area contributed by atoms with Crippen LogP contribution in [0.15, 0.2) is 0 Å². The smallest absolute Gasteiger partial charge is 0.147 e. The molecule has 0 unspecified atom stereocenters. The molecule has 92 valence electrons. The summed E-state index contributed by atoms with van der Waals surface area (Å²) in [6.45, 7) is 14.8. The van der Waals surface area contributed by atoms with Gasteiger partial charge in [-0.3, -0.25) is 10.6 Å². The van der Waals surface area contributed by atoms with Crippen molar-refractivity contribution in [3.05, 3.63) is 0 Å². The van der Waals surface area contributed by atoms with E-state index < -0.39 is 0 Å². The van der Waals surface area contributed by atoms with Gasteiger partial charge in [-0.1, -0.05) is 0 Å². The fourth-order valence-electron chi connectivity index (χ4n) is 1.81. The maximum absolute atomic E-state index is 6.09. The van der Waals surface area contributed by atoms with Crippen LogP contribution < -0.4 is 10.6 Å². The van der Waals surface area contributed by atoms with Crippen molar-refractivity contribution in [3.63, 3.8) is 0 Å². The van der Waals surface area contributed by atoms with Gasteiger partial charge in [-0.2, -0.15) is 0 Å². The number of hydrogen-bond acceptors (Lipinski definition) is 3. The molecule has 0 aromatic carbocycles. The SMILES string of the molecule is CC(C)NC([SiH3])(NC(C)C)OC(C)(C)C. The summed E-state index contributed by atoms with van der Waals surface area (Å²) in [5.74, 6) is 0. The van der Waals surface area contributed by atoms with Crippen LogP contribution >= 0.6 is 0 Å². The first-order chi connectivity index (χ1) is 6.54. The van der Waals surface area contributed by atoms with Crippen LogP contribution in [0.1, 0.15) is 48.5 Å². The van der Waals surface area contributed by atoms with Crippen LogP contribution in [0.3, 0.4) is 0 Å². The topological polar surface area (TPSA) is 33.3 Å². The highest BCUT2D eigenvalue weighted by molar-refractivity contribution is 6.13. The summed E-state index contributed by atoms with van der Waals surface area (Å²) < 4.78 is 6.09. The van der Waals surface area contributed by atoms with Gasteiger partial charge in [0.05, 0.1) is 15.8 Å². The molecule has 4 heteroatoms. The summed E-state index contributed by atoms with van der Waals surface area (Å²) in [5.41, 5.74) is -0.466. The molecule has 0 aromatic rings. The Morgan fingerprint density at radius 2 is 1.27 bits per heavy atom. The number of nitrogens with one attached hydrogen (secondary N) is 2. The molecule has 0 aromatic heterocycles. The Balaban J connectivity index is 4.54. The molecular formula is C11H28N2OSi. The first kappa shape index (κ1) is 15.1. The van der Waals surface area contributed by atoms with E-state index in [0.717, 1.165) is 10.2 Å². The molecule has 0 aliphatic heterocycles. The highest BCUT2D eigenvalue weighted by Crippen LogP contribution is 2.14. The van der Waals surface area contributed by atoms with Crippen LogP contribution in [-0.2, 0) is 4.74 Å². The van der Waals surface area contributed by atoms with Gasteiger partial charge < -0.3 is 4.74 Å². The largest absolute Gasteiger partial charge is 0.347 e. The van der Waals surface area contributed by atoms with E-state index in [9.17, 15) is 0 Å². The monoisotopic (exact) mass is 232 g/mol. The third-order valence-corrected chi connectivity index (χ3v) is 2.42. The molecule has 0 saturated carbocycles. The summed E-state index contributed by atoms with van der Waals surface area (Å²) in [4.78, 5) is 0. The zero-order valence-corrected chi connectivity index (χ0v) is 13.6. The number of ether oxygens (including phenoxy) is 1. The van der Waals surface area contributed by atoms with Crippen molar-refractivity contribution in [3.8, 4) is 0 Å². The van der Waals surface area contributed by atoms with Crippen LogP contribution in [0.25, 0.3) is 0 Å². The van der Waals surface area contributed by atoms with Crippen LogP contribution in [-0.4, -0.2) is 33.4 Å². The standard InChI is InChI=1S/C11H28N2OSi/c1-8(2)12-11(15,13-9(3)4)14-10(5,6)7/h8-9,12-13H,1-7,15H3. The molecule has 0 bridgehead atoms. The normalized spacial score (nSPS) is 14.2. The van der Waals surface area contributed by atoms with E-state index in [4.69, 9.17) is 4.74 Å². The second kappa shape index (κ2) is 5.43. The fourth-order valence-corrected chi connectivity index (χ4v) is 3.58. The van der Waals surface area contributed by atoms with Crippen molar-refractivity contribution in [1.82, 2.24) is 10.6 Å². The maximum Gasteiger partial charge on any atom is 0.147 e. The summed E-state index contributed by atoms with van der Waals surface area (Å²) in [6.07, 6.45) is 0. The molecule has 0 rings (SSSR count). The Bertz CT molecular complexity index is 178. The second-order valence-electron chi connectivity index (χ2n) is 5.85. The zero-order chi connectivity index (χ0) is 12.3. The average Bonchev–Trinajstić information content (AvgIpc) is 1.73. The van der Waals surface area contributed by atoms with Gasteiger partial charge in [0.25, 0.3) is 0 Å². The molecule has 0 amide bonds. The van der Waals surface area contributed by atoms with Crippen LogP contribution in [0.5, 0.6) is 0 Å². The Kier molecular flexibility index (Phi) is 5.47. The summed E-state index contributed by atoms with van der Waals surface area (Å²) in [7, 11) is 0.901. The average molecular weight is 232 g/mol. The van der Waals surface area contributed by atoms with Gasteiger partial charge in [0.15, 0.2) is 0 Å². The van der Waals surface area contributed by atoms with Crippen molar-refractivity contribution >= 4 is 10.2 Å². The maximum atomic E-state index is 6.09. The minimum Gasteiger partial charge on any atom is -0.347 e. The molecule has 0 saturated heterocycles. The van der Waals surface area contributed by atoms with Crippen molar-refractivity contribution in [2.24, 2.45) is 0 Å². The lowest BCUT2D eigenvalue weighted by atomic mass is 10.2. The molecule has 15 heavy (non-hydrogen) atoms. The fraction of sp³-hybridized carbons (Fsp3) is 1.00. The second-order valence-corrected chi connectivity index (χ2v) is 7.25. The predicted octanol–water partition coefficient (Wildman–Crippen LogP) is 0.774. The lowest BCUT2D eigenvalue weighted by Crippen LogP contribution is -2.65. The number of rotatable bonds is 5. The lowest BCUT2D eigenvalue weighted by Gasteiger charge is -2.41. The highest BCUT2D eigenvalue weighted by Gasteiger charge is 2.30. The number of hydrogen-bond donors (Lipinski definition) is 2. The Morgan fingerprint density at radius 1 is 0.933 bits per heavy atom. The molecule has 0 atom stereocenters. The quantitative estimate of drug-likeness (QED) is 0.543. The Labute approximate surface area is 97.8 Å². The summed E-state index contributed by atoms with van der Waals surface area (Å²) >= 11 is 0. The van der Waals surface area contributed by atoms with Crippen molar-refractivity contribution in [2.45, 2.75) is 71.6 Å². The molecular weight excluding hydrogens is 204 g/mol. The van der Waals surface area contributed by atoms with E-state index >= 15 is 0 Å². The summed E-state index contributed by atoms with van der Waals surface area (Å²) in [6, 6.07) is 0.826. The van der Waals surface area contributed by atoms with Crippen molar-refractivity contribution in [2.75, 3.05) is 0 Å². The van der Waals surface area contributed by atoms with Crippen LogP contribution in [0.2, 0.25) is 0 Å². The minimum absolute atomic E-state index is 0.133. The Morgan fingerprint density at radius 3 is 1.47 bits per heavy atom. The molecule has 0 spiro atoms. The van der Waals surface area contributed by atoms with Crippen LogP contribution in [0, 0.1) is 0 Å². The summed E-state index contributed by atoms with van der Waals surface area (Å²) in [5, 5.41) is 6.94. The first-order valence-corrected chi connectivity index (χ1v) is 6.79. The third-order valence-electron chi connectivity index (χ3n) is 1.64. The van der Waals surface area contributed by atoms with Gasteiger partial charge in [-0.15, -0.1) is 0 Å². The van der Waals surface area contributed by atoms with Gasteiger partial charge in [-0.25, -0.2) is 0 Å². The molecule has 0 aliphatic carbocycles. The van der Waals surface area contributed by atoms with Gasteiger partial charge in [0.2, 0.25) is 0 Å². The first-order valence-electron chi connectivity index (χ1n) is 5.79. The van der Waals surface area contributed by atoms with Crippen molar-refractivity contribution in [1.29, 1.82) is 0 Å². The lowest BCUT2D eigenvalue weighted by molar-refractivity contribution is -0.125. The third kappa shape index (κ3) is 7.96. The Hall–Kier alpha value is 0.0969. The van der Waals surface area contributed by atoms with E-state index in [-0.39, 0.29) is 11.1 Å². The van der Waals surface area contributed by atoms with E-state index in [2.05, 4.69) is 59.1 Å². The van der Waals surface area contributed by atoms with Gasteiger partial charge in [0, 0.05) is 12.1 Å². The van der Waals surface area contributed by atoms with E-state index in [0.29, 0.717) is 12.1 Å². The van der Waals surface area contributed by atoms with E-state index in [1.807, 2.05) is 0 Å². The van der Waals surface area contributed by atoms with Gasteiger partial charge in [0.1, 0.15) is 5.47 Å². The van der Waals surface area contributed by atoms with Crippen molar-refractivity contribution < 1.29 is 4.74 Å². The predicted molar refractivity (Wildman–Crippen MR) is 70.1 cm³/mol. The molecule has 0 aliphatic rings. The van der Waals surface area contributed by atoms with Crippen LogP contribution in [0.4, 0.5) is 0 Å². The molecule has 2 N–H and O–H groups in total. The molecule has 0 fully saturated rings. The molecule has 3 nitrogen and oxygen atoms in total. The van der Waals surface area contributed by atoms with E-state index in [1.165, 1.54) is 0 Å². The zero-order valence-electron chi connectivity index (χ0n) is 11.6. The van der Waals surface area contributed by atoms with Gasteiger partial charge >= 0.3 is 0 Å².